The molecule has 4 rings (SSSR count). The first kappa shape index (κ1) is 19.2. The number of fused-ring (bicyclic) bond motifs is 1. The molecule has 2 aliphatic rings. The Bertz CT molecular complexity index is 1000. The van der Waals surface area contributed by atoms with Gasteiger partial charge in [-0.1, -0.05) is 18.5 Å². The second kappa shape index (κ2) is 7.37. The maximum Gasteiger partial charge on any atom is 0.341 e. The molecule has 8 heteroatoms. The second-order valence-corrected chi connectivity index (χ2v) is 8.02. The predicted molar refractivity (Wildman–Crippen MR) is 107 cm³/mol. The van der Waals surface area contributed by atoms with Crippen LogP contribution in [0.4, 0.5) is 10.1 Å². The van der Waals surface area contributed by atoms with E-state index in [9.17, 15) is 14.7 Å². The highest BCUT2D eigenvalue weighted by molar-refractivity contribution is 6.38. The minimum atomic E-state index is -1.31. The lowest BCUT2D eigenvalue weighted by Gasteiger charge is -2.23. The number of hydrogen-bond acceptors (Lipinski definition) is 4. The van der Waals surface area contributed by atoms with Crippen LogP contribution in [0.1, 0.15) is 42.6 Å². The summed E-state index contributed by atoms with van der Waals surface area (Å²) in [5, 5.41) is 12.9. The number of benzene rings is 1. The number of aromatic carboxylic acids is 1. The Kier molecular flexibility index (Phi) is 5.05. The van der Waals surface area contributed by atoms with Crippen LogP contribution in [0.15, 0.2) is 17.1 Å². The molecule has 1 aromatic heterocycles. The standard InChI is InChI=1S/C20H23ClFN3O3/c1-2-23-8-11-5-6-24(9-11)18-15(22)7-13-17(16(18)21)25(12-3-4-12)10-14(19(13)26)20(27)28/h7,10-12,23H,2-6,8-9H2,1H3,(H,27,28). The molecule has 2 fully saturated rings. The number of rotatable bonds is 6. The molecule has 0 amide bonds. The van der Waals surface area contributed by atoms with Gasteiger partial charge in [0.15, 0.2) is 0 Å². The molecule has 0 bridgehead atoms. The van der Waals surface area contributed by atoms with E-state index >= 15 is 4.39 Å². The lowest BCUT2D eigenvalue weighted by atomic mass is 10.1. The van der Waals surface area contributed by atoms with Crippen molar-refractivity contribution in [2.45, 2.75) is 32.2 Å². The van der Waals surface area contributed by atoms with Gasteiger partial charge in [0.25, 0.3) is 0 Å². The van der Waals surface area contributed by atoms with Crippen LogP contribution < -0.4 is 15.6 Å². The van der Waals surface area contributed by atoms with Crippen molar-refractivity contribution in [2.24, 2.45) is 5.92 Å². The molecule has 0 radical (unpaired) electrons. The number of aromatic nitrogens is 1. The highest BCUT2D eigenvalue weighted by Crippen LogP contribution is 2.42. The van der Waals surface area contributed by atoms with Gasteiger partial charge in [0.2, 0.25) is 5.43 Å². The van der Waals surface area contributed by atoms with E-state index in [2.05, 4.69) is 12.2 Å². The summed E-state index contributed by atoms with van der Waals surface area (Å²) >= 11 is 6.66. The fraction of sp³-hybridized carbons (Fsp3) is 0.500. The number of nitrogens with one attached hydrogen (secondary N) is 1. The number of anilines is 1. The van der Waals surface area contributed by atoms with Gasteiger partial charge in [-0.2, -0.15) is 0 Å². The fourth-order valence-electron chi connectivity index (χ4n) is 4.07. The maximum atomic E-state index is 15.0. The van der Waals surface area contributed by atoms with E-state index in [4.69, 9.17) is 11.6 Å². The van der Waals surface area contributed by atoms with Crippen molar-refractivity contribution in [1.82, 2.24) is 9.88 Å². The van der Waals surface area contributed by atoms with Crippen LogP contribution in [0, 0.1) is 11.7 Å². The first-order chi connectivity index (χ1) is 13.4. The topological polar surface area (TPSA) is 74.6 Å². The van der Waals surface area contributed by atoms with Crippen LogP contribution in [-0.2, 0) is 0 Å². The van der Waals surface area contributed by atoms with E-state index < -0.39 is 17.2 Å². The van der Waals surface area contributed by atoms with Gasteiger partial charge >= 0.3 is 5.97 Å². The van der Waals surface area contributed by atoms with Gasteiger partial charge in [0.05, 0.1) is 21.6 Å². The van der Waals surface area contributed by atoms with Crippen molar-refractivity contribution in [2.75, 3.05) is 31.1 Å². The van der Waals surface area contributed by atoms with Gasteiger partial charge in [-0.3, -0.25) is 4.79 Å². The molecular weight excluding hydrogens is 385 g/mol. The number of carboxylic acid groups (broad SMARTS) is 1. The van der Waals surface area contributed by atoms with Crippen molar-refractivity contribution in [3.05, 3.63) is 38.9 Å². The quantitative estimate of drug-likeness (QED) is 0.768. The third kappa shape index (κ3) is 3.26. The molecule has 150 valence electrons. The van der Waals surface area contributed by atoms with Gasteiger partial charge < -0.3 is 19.9 Å². The minimum absolute atomic E-state index is 0.0291. The Morgan fingerprint density at radius 2 is 2.14 bits per heavy atom. The van der Waals surface area contributed by atoms with Gasteiger partial charge in [-0.25, -0.2) is 9.18 Å². The minimum Gasteiger partial charge on any atom is -0.477 e. The van der Waals surface area contributed by atoms with Crippen molar-refractivity contribution >= 4 is 34.2 Å². The van der Waals surface area contributed by atoms with Gasteiger partial charge in [0, 0.05) is 25.3 Å². The number of carbonyl (C=O) groups is 1. The zero-order valence-electron chi connectivity index (χ0n) is 15.7. The Balaban J connectivity index is 1.84. The van der Waals surface area contributed by atoms with Crippen molar-refractivity contribution < 1.29 is 14.3 Å². The SMILES string of the molecule is CCNCC1CCN(c2c(F)cc3c(=O)c(C(=O)O)cn(C4CC4)c3c2Cl)C1. The first-order valence-electron chi connectivity index (χ1n) is 9.68. The predicted octanol–water partition coefficient (Wildman–Crippen LogP) is 3.26. The van der Waals surface area contributed by atoms with Crippen molar-refractivity contribution in [3.63, 3.8) is 0 Å². The smallest absolute Gasteiger partial charge is 0.341 e. The molecule has 1 aliphatic heterocycles. The molecule has 1 aliphatic carbocycles. The summed E-state index contributed by atoms with van der Waals surface area (Å²) in [5.41, 5.74) is -0.302. The Labute approximate surface area is 166 Å². The summed E-state index contributed by atoms with van der Waals surface area (Å²) in [5.74, 6) is -1.48. The van der Waals surface area contributed by atoms with Crippen LogP contribution in [0.5, 0.6) is 0 Å². The molecule has 2 N–H and O–H groups in total. The van der Waals surface area contributed by atoms with Gasteiger partial charge in [-0.15, -0.1) is 0 Å². The van der Waals surface area contributed by atoms with Crippen LogP contribution in [0.3, 0.4) is 0 Å². The highest BCUT2D eigenvalue weighted by atomic mass is 35.5. The van der Waals surface area contributed by atoms with Gasteiger partial charge in [0.1, 0.15) is 11.4 Å². The zero-order valence-corrected chi connectivity index (χ0v) is 16.4. The molecular formula is C20H23ClFN3O3. The van der Waals surface area contributed by atoms with Crippen molar-refractivity contribution in [1.29, 1.82) is 0 Å². The van der Waals surface area contributed by atoms with Crippen LogP contribution in [0.25, 0.3) is 10.9 Å². The van der Waals surface area contributed by atoms with E-state index in [1.165, 1.54) is 6.20 Å². The number of pyridine rings is 1. The summed E-state index contributed by atoms with van der Waals surface area (Å²) in [4.78, 5) is 26.0. The molecule has 1 saturated carbocycles. The summed E-state index contributed by atoms with van der Waals surface area (Å²) < 4.78 is 16.8. The van der Waals surface area contributed by atoms with Crippen molar-refractivity contribution in [3.8, 4) is 0 Å². The Hall–Kier alpha value is -2.12. The Morgan fingerprint density at radius 3 is 2.79 bits per heavy atom. The van der Waals surface area contributed by atoms with E-state index in [-0.39, 0.29) is 22.0 Å². The normalized spacial score (nSPS) is 19.5. The van der Waals surface area contributed by atoms with E-state index in [0.29, 0.717) is 30.2 Å². The summed E-state index contributed by atoms with van der Waals surface area (Å²) in [7, 11) is 0. The third-order valence-electron chi connectivity index (χ3n) is 5.64. The number of nitrogens with zero attached hydrogens (tertiary/aromatic N) is 2. The average molecular weight is 408 g/mol. The van der Waals surface area contributed by atoms with Crippen LogP contribution in [-0.4, -0.2) is 41.8 Å². The zero-order chi connectivity index (χ0) is 20.0. The molecule has 28 heavy (non-hydrogen) atoms. The third-order valence-corrected chi connectivity index (χ3v) is 6.00. The van der Waals surface area contributed by atoms with Crippen LogP contribution >= 0.6 is 11.6 Å². The fourth-order valence-corrected chi connectivity index (χ4v) is 4.47. The summed E-state index contributed by atoms with van der Waals surface area (Å²) in [6.45, 7) is 5.19. The molecule has 1 unspecified atom stereocenters. The molecule has 0 spiro atoms. The van der Waals surface area contributed by atoms with Crippen LogP contribution in [0.2, 0.25) is 5.02 Å². The van der Waals surface area contributed by atoms with E-state index in [1.807, 2.05) is 4.90 Å². The molecule has 6 nitrogen and oxygen atoms in total. The number of hydrogen-bond donors (Lipinski definition) is 2. The maximum absolute atomic E-state index is 15.0. The monoisotopic (exact) mass is 407 g/mol. The molecule has 1 atom stereocenters. The molecule has 1 saturated heterocycles. The number of carboxylic acids is 1. The highest BCUT2D eigenvalue weighted by Gasteiger charge is 2.32. The van der Waals surface area contributed by atoms with E-state index in [1.54, 1.807) is 4.57 Å². The lowest BCUT2D eigenvalue weighted by molar-refractivity contribution is 0.0695. The molecule has 2 heterocycles. The number of halogens is 2. The first-order valence-corrected chi connectivity index (χ1v) is 10.1. The summed E-state index contributed by atoms with van der Waals surface area (Å²) in [6, 6.07) is 1.25. The average Bonchev–Trinajstić information content (AvgIpc) is 3.39. The van der Waals surface area contributed by atoms with Gasteiger partial charge in [-0.05, 0) is 44.3 Å². The summed E-state index contributed by atoms with van der Waals surface area (Å²) in [6.07, 6.45) is 4.06. The van der Waals surface area contributed by atoms with E-state index in [0.717, 1.165) is 38.4 Å². The Morgan fingerprint density at radius 1 is 1.39 bits per heavy atom. The lowest BCUT2D eigenvalue weighted by Crippen LogP contribution is -2.27. The molecule has 1 aromatic carbocycles. The second-order valence-electron chi connectivity index (χ2n) is 7.64. The molecule has 2 aromatic rings. The largest absolute Gasteiger partial charge is 0.477 e.